The molecular formula is C21H25ClFN3O3. The lowest BCUT2D eigenvalue weighted by molar-refractivity contribution is -0.123. The second-order valence-electron chi connectivity index (χ2n) is 7.95. The first-order chi connectivity index (χ1) is 13.7. The fourth-order valence-electron chi connectivity index (χ4n) is 3.79. The van der Waals surface area contributed by atoms with Crippen LogP contribution in [0.5, 0.6) is 0 Å². The van der Waals surface area contributed by atoms with Gasteiger partial charge < -0.3 is 5.11 Å². The standard InChI is InChI=1S/C21H25ClFN3O3/c1-12(2)26(20(27)14-9-7-13(3)8-10-14)19-15(21(28)29)11-25(24-19)17-6-4-5-16(22)18(17)23/h4-6,11-14H,7-10H2,1-3H3,(H,28,29). The number of nitrogens with zero attached hydrogens (tertiary/aromatic N) is 3. The minimum absolute atomic E-state index is 0.0221. The molecule has 3 rings (SSSR count). The lowest BCUT2D eigenvalue weighted by atomic mass is 9.82. The van der Waals surface area contributed by atoms with E-state index >= 15 is 0 Å². The number of anilines is 1. The Morgan fingerprint density at radius 2 is 1.93 bits per heavy atom. The first-order valence-electron chi connectivity index (χ1n) is 9.81. The summed E-state index contributed by atoms with van der Waals surface area (Å²) < 4.78 is 15.6. The highest BCUT2D eigenvalue weighted by Gasteiger charge is 2.34. The van der Waals surface area contributed by atoms with Crippen molar-refractivity contribution < 1.29 is 19.1 Å². The summed E-state index contributed by atoms with van der Waals surface area (Å²) in [6, 6.07) is 4.11. The van der Waals surface area contributed by atoms with Gasteiger partial charge in [0.2, 0.25) is 5.91 Å². The van der Waals surface area contributed by atoms with E-state index < -0.39 is 11.8 Å². The average molecular weight is 422 g/mol. The van der Waals surface area contributed by atoms with E-state index in [0.29, 0.717) is 5.92 Å². The van der Waals surface area contributed by atoms with Gasteiger partial charge in [-0.05, 0) is 57.6 Å². The highest BCUT2D eigenvalue weighted by molar-refractivity contribution is 6.30. The van der Waals surface area contributed by atoms with Gasteiger partial charge in [0.05, 0.1) is 5.02 Å². The van der Waals surface area contributed by atoms with Crippen molar-refractivity contribution in [2.75, 3.05) is 4.90 Å². The van der Waals surface area contributed by atoms with Crippen LogP contribution in [0.3, 0.4) is 0 Å². The molecule has 1 amide bonds. The van der Waals surface area contributed by atoms with Crippen LogP contribution in [0.25, 0.3) is 5.69 Å². The van der Waals surface area contributed by atoms with Crippen LogP contribution in [0.1, 0.15) is 56.8 Å². The van der Waals surface area contributed by atoms with Gasteiger partial charge in [0.25, 0.3) is 0 Å². The summed E-state index contributed by atoms with van der Waals surface area (Å²) in [5, 5.41) is 13.9. The zero-order valence-electron chi connectivity index (χ0n) is 16.7. The molecule has 2 aromatic rings. The van der Waals surface area contributed by atoms with Crippen LogP contribution in [0.4, 0.5) is 10.2 Å². The van der Waals surface area contributed by atoms with Crippen molar-refractivity contribution in [2.24, 2.45) is 11.8 Å². The summed E-state index contributed by atoms with van der Waals surface area (Å²) in [6.45, 7) is 5.80. The van der Waals surface area contributed by atoms with Crippen molar-refractivity contribution in [1.29, 1.82) is 0 Å². The molecule has 1 aliphatic carbocycles. The summed E-state index contributed by atoms with van der Waals surface area (Å²) >= 11 is 5.85. The van der Waals surface area contributed by atoms with Gasteiger partial charge in [-0.2, -0.15) is 0 Å². The van der Waals surface area contributed by atoms with Crippen LogP contribution < -0.4 is 4.90 Å². The van der Waals surface area contributed by atoms with Gasteiger partial charge in [0, 0.05) is 18.2 Å². The highest BCUT2D eigenvalue weighted by Crippen LogP contribution is 2.33. The third-order valence-corrected chi connectivity index (χ3v) is 5.74. The molecule has 0 unspecified atom stereocenters. The zero-order chi connectivity index (χ0) is 21.3. The molecule has 0 atom stereocenters. The lowest BCUT2D eigenvalue weighted by Crippen LogP contribution is -2.43. The molecule has 0 aliphatic heterocycles. The second kappa shape index (κ2) is 8.53. The van der Waals surface area contributed by atoms with Crippen molar-refractivity contribution >= 4 is 29.3 Å². The fourth-order valence-corrected chi connectivity index (χ4v) is 3.96. The van der Waals surface area contributed by atoms with Crippen molar-refractivity contribution in [3.63, 3.8) is 0 Å². The third kappa shape index (κ3) is 4.29. The van der Waals surface area contributed by atoms with Crippen LogP contribution in [0.2, 0.25) is 5.02 Å². The summed E-state index contributed by atoms with van der Waals surface area (Å²) in [5.74, 6) is -1.62. The Labute approximate surface area is 174 Å². The van der Waals surface area contributed by atoms with E-state index in [-0.39, 0.29) is 40.0 Å². The van der Waals surface area contributed by atoms with E-state index in [1.54, 1.807) is 6.07 Å². The fraction of sp³-hybridized carbons (Fsp3) is 0.476. The summed E-state index contributed by atoms with van der Waals surface area (Å²) in [7, 11) is 0. The van der Waals surface area contributed by atoms with Gasteiger partial charge in [-0.25, -0.2) is 13.9 Å². The third-order valence-electron chi connectivity index (χ3n) is 5.45. The number of halogens is 2. The summed E-state index contributed by atoms with van der Waals surface area (Å²) in [5.41, 5.74) is -0.135. The number of hydrogen-bond donors (Lipinski definition) is 1. The van der Waals surface area contributed by atoms with E-state index in [1.807, 2.05) is 13.8 Å². The number of carboxylic acids is 1. The SMILES string of the molecule is CC1CCC(C(=O)N(c2nn(-c3cccc(Cl)c3F)cc2C(=O)O)C(C)C)CC1. The molecule has 8 heteroatoms. The maximum Gasteiger partial charge on any atom is 0.341 e. The van der Waals surface area contributed by atoms with Crippen molar-refractivity contribution in [2.45, 2.75) is 52.5 Å². The number of aromatic nitrogens is 2. The Morgan fingerprint density at radius 1 is 1.28 bits per heavy atom. The van der Waals surface area contributed by atoms with Gasteiger partial charge in [0.1, 0.15) is 11.3 Å². The summed E-state index contributed by atoms with van der Waals surface area (Å²) in [4.78, 5) is 26.6. The quantitative estimate of drug-likeness (QED) is 0.742. The molecule has 1 saturated carbocycles. The molecule has 0 spiro atoms. The number of carbonyl (C=O) groups is 2. The van der Waals surface area contributed by atoms with Gasteiger partial charge >= 0.3 is 5.97 Å². The molecule has 1 heterocycles. The molecule has 1 aliphatic rings. The molecule has 0 saturated heterocycles. The first kappa shape index (κ1) is 21.3. The van der Waals surface area contributed by atoms with Crippen molar-refractivity contribution in [1.82, 2.24) is 9.78 Å². The van der Waals surface area contributed by atoms with E-state index in [4.69, 9.17) is 11.6 Å². The Balaban J connectivity index is 2.04. The number of carbonyl (C=O) groups excluding carboxylic acids is 1. The van der Waals surface area contributed by atoms with Crippen LogP contribution >= 0.6 is 11.6 Å². The second-order valence-corrected chi connectivity index (χ2v) is 8.36. The summed E-state index contributed by atoms with van der Waals surface area (Å²) in [6.07, 6.45) is 4.70. The predicted octanol–water partition coefficient (Wildman–Crippen LogP) is 4.93. The van der Waals surface area contributed by atoms with Crippen molar-refractivity contribution in [3.8, 4) is 5.69 Å². The topological polar surface area (TPSA) is 75.4 Å². The molecule has 1 aromatic carbocycles. The monoisotopic (exact) mass is 421 g/mol. The van der Waals surface area contributed by atoms with E-state index in [0.717, 1.165) is 30.4 Å². The van der Waals surface area contributed by atoms with Crippen LogP contribution in [-0.4, -0.2) is 32.8 Å². The highest BCUT2D eigenvalue weighted by atomic mass is 35.5. The molecule has 1 N–H and O–H groups in total. The zero-order valence-corrected chi connectivity index (χ0v) is 17.5. The lowest BCUT2D eigenvalue weighted by Gasteiger charge is -2.32. The van der Waals surface area contributed by atoms with Crippen LogP contribution in [0.15, 0.2) is 24.4 Å². The molecule has 156 valence electrons. The largest absolute Gasteiger partial charge is 0.477 e. The maximum absolute atomic E-state index is 14.5. The van der Waals surface area contributed by atoms with Gasteiger partial charge in [0.15, 0.2) is 11.6 Å². The molecule has 1 aromatic heterocycles. The smallest absolute Gasteiger partial charge is 0.341 e. The normalized spacial score (nSPS) is 19.4. The predicted molar refractivity (Wildman–Crippen MR) is 109 cm³/mol. The number of carboxylic acid groups (broad SMARTS) is 1. The maximum atomic E-state index is 14.5. The van der Waals surface area contributed by atoms with E-state index in [1.165, 1.54) is 23.2 Å². The van der Waals surface area contributed by atoms with Crippen molar-refractivity contribution in [3.05, 3.63) is 40.8 Å². The Kier molecular flexibility index (Phi) is 6.27. The minimum atomic E-state index is -1.23. The number of amides is 1. The van der Waals surface area contributed by atoms with Crippen LogP contribution in [0, 0.1) is 17.7 Å². The number of rotatable bonds is 5. The average Bonchev–Trinajstić information content (AvgIpc) is 3.09. The molecule has 6 nitrogen and oxygen atoms in total. The molecule has 1 fully saturated rings. The number of aromatic carboxylic acids is 1. The molecule has 0 radical (unpaired) electrons. The Hall–Kier alpha value is -2.41. The van der Waals surface area contributed by atoms with Crippen LogP contribution in [-0.2, 0) is 4.79 Å². The Morgan fingerprint density at radius 3 is 2.52 bits per heavy atom. The van der Waals surface area contributed by atoms with Gasteiger partial charge in [-0.1, -0.05) is 24.6 Å². The van der Waals surface area contributed by atoms with Gasteiger partial charge in [-0.3, -0.25) is 9.69 Å². The van der Waals surface area contributed by atoms with E-state index in [9.17, 15) is 19.1 Å². The minimum Gasteiger partial charge on any atom is -0.477 e. The van der Waals surface area contributed by atoms with Gasteiger partial charge in [-0.15, -0.1) is 5.10 Å². The Bertz CT molecular complexity index is 920. The molecule has 29 heavy (non-hydrogen) atoms. The number of hydrogen-bond acceptors (Lipinski definition) is 3. The van der Waals surface area contributed by atoms with E-state index in [2.05, 4.69) is 12.0 Å². The molecule has 0 bridgehead atoms. The molecular weight excluding hydrogens is 397 g/mol. The first-order valence-corrected chi connectivity index (χ1v) is 10.2. The number of benzene rings is 1.